The summed E-state index contributed by atoms with van der Waals surface area (Å²) < 4.78 is 7.36. The zero-order valence-electron chi connectivity index (χ0n) is 15.5. The Kier molecular flexibility index (Phi) is 5.76. The fourth-order valence-corrected chi connectivity index (χ4v) is 3.18. The molecule has 0 aromatic carbocycles. The van der Waals surface area contributed by atoms with E-state index in [-0.39, 0.29) is 34.8 Å². The normalized spacial score (nSPS) is 16.1. The van der Waals surface area contributed by atoms with Crippen LogP contribution in [0.15, 0.2) is 18.2 Å². The van der Waals surface area contributed by atoms with Gasteiger partial charge in [0.15, 0.2) is 0 Å². The van der Waals surface area contributed by atoms with E-state index < -0.39 is 0 Å². The van der Waals surface area contributed by atoms with Crippen molar-refractivity contribution in [3.05, 3.63) is 46.0 Å². The molecule has 1 aliphatic heterocycles. The second-order valence-electron chi connectivity index (χ2n) is 6.72. The Hall–Kier alpha value is -2.45. The van der Waals surface area contributed by atoms with Gasteiger partial charge >= 0.3 is 0 Å². The minimum Gasteiger partial charge on any atom is -0.370 e. The van der Waals surface area contributed by atoms with Crippen molar-refractivity contribution < 1.29 is 14.3 Å². The predicted molar refractivity (Wildman–Crippen MR) is 99.7 cm³/mol. The first-order chi connectivity index (χ1) is 12.8. The topological polar surface area (TPSA) is 98.1 Å². The summed E-state index contributed by atoms with van der Waals surface area (Å²) >= 11 is 5.82. The Labute approximate surface area is 162 Å². The Morgan fingerprint density at radius 2 is 2.15 bits per heavy atom. The van der Waals surface area contributed by atoms with E-state index in [2.05, 4.69) is 20.7 Å². The van der Waals surface area contributed by atoms with Gasteiger partial charge in [-0.2, -0.15) is 5.10 Å². The van der Waals surface area contributed by atoms with E-state index in [1.54, 1.807) is 29.9 Å². The summed E-state index contributed by atoms with van der Waals surface area (Å²) in [7, 11) is 1.75. The van der Waals surface area contributed by atoms with Gasteiger partial charge in [0, 0.05) is 31.6 Å². The number of pyridine rings is 1. The SMILES string of the molecule is CC(C)NC(=O)c1c2c(nn1C)COC(CNC(=O)c1cccc(Cl)n1)C2. The lowest BCUT2D eigenvalue weighted by Crippen LogP contribution is -2.38. The predicted octanol–water partition coefficient (Wildman–Crippen LogP) is 1.48. The number of aryl methyl sites for hydroxylation is 1. The average molecular weight is 392 g/mol. The highest BCUT2D eigenvalue weighted by molar-refractivity contribution is 6.29. The molecule has 2 amide bonds. The van der Waals surface area contributed by atoms with Crippen molar-refractivity contribution in [2.24, 2.45) is 7.05 Å². The maximum atomic E-state index is 12.5. The van der Waals surface area contributed by atoms with Gasteiger partial charge in [0.25, 0.3) is 11.8 Å². The van der Waals surface area contributed by atoms with Crippen LogP contribution in [0, 0.1) is 0 Å². The highest BCUT2D eigenvalue weighted by atomic mass is 35.5. The summed E-state index contributed by atoms with van der Waals surface area (Å²) in [6.45, 7) is 4.42. The van der Waals surface area contributed by atoms with Crippen LogP contribution in [0.5, 0.6) is 0 Å². The number of halogens is 1. The van der Waals surface area contributed by atoms with Crippen LogP contribution in [0.3, 0.4) is 0 Å². The number of fused-ring (bicyclic) bond motifs is 1. The van der Waals surface area contributed by atoms with Crippen molar-refractivity contribution >= 4 is 23.4 Å². The molecule has 27 heavy (non-hydrogen) atoms. The number of ether oxygens (including phenoxy) is 1. The molecule has 0 spiro atoms. The summed E-state index contributed by atoms with van der Waals surface area (Å²) in [5.41, 5.74) is 2.40. The molecule has 8 nitrogen and oxygen atoms in total. The molecule has 1 unspecified atom stereocenters. The Morgan fingerprint density at radius 1 is 1.37 bits per heavy atom. The van der Waals surface area contributed by atoms with Gasteiger partial charge < -0.3 is 15.4 Å². The summed E-state index contributed by atoms with van der Waals surface area (Å²) in [4.78, 5) is 28.7. The standard InChI is InChI=1S/C18H22ClN5O3/c1-10(2)21-18(26)16-12-7-11(27-9-14(12)23-24(16)3)8-20-17(25)13-5-4-6-15(19)22-13/h4-6,10-11H,7-9H2,1-3H3,(H,20,25)(H,21,26). The Bertz CT molecular complexity index is 865. The first kappa shape index (κ1) is 19.3. The largest absolute Gasteiger partial charge is 0.370 e. The van der Waals surface area contributed by atoms with E-state index in [1.165, 1.54) is 0 Å². The summed E-state index contributed by atoms with van der Waals surface area (Å²) in [5, 5.41) is 10.3. The molecule has 0 fully saturated rings. The smallest absolute Gasteiger partial charge is 0.270 e. The molecule has 3 heterocycles. The van der Waals surface area contributed by atoms with Crippen LogP contribution >= 0.6 is 11.6 Å². The van der Waals surface area contributed by atoms with Crippen LogP contribution in [0.2, 0.25) is 5.15 Å². The van der Waals surface area contributed by atoms with Gasteiger partial charge in [-0.3, -0.25) is 14.3 Å². The van der Waals surface area contributed by atoms with Crippen LogP contribution in [0.1, 0.15) is 46.1 Å². The van der Waals surface area contributed by atoms with E-state index in [0.717, 1.165) is 11.3 Å². The second kappa shape index (κ2) is 8.06. The Morgan fingerprint density at radius 3 is 2.85 bits per heavy atom. The molecule has 144 valence electrons. The van der Waals surface area contributed by atoms with E-state index in [0.29, 0.717) is 25.3 Å². The van der Waals surface area contributed by atoms with Gasteiger partial charge in [0.1, 0.15) is 16.5 Å². The van der Waals surface area contributed by atoms with Crippen LogP contribution in [-0.2, 0) is 24.8 Å². The minimum absolute atomic E-state index is 0.0307. The summed E-state index contributed by atoms with van der Waals surface area (Å²) in [6.07, 6.45) is 0.239. The molecule has 1 atom stereocenters. The number of hydrogen-bond donors (Lipinski definition) is 2. The first-order valence-corrected chi connectivity index (χ1v) is 9.11. The maximum absolute atomic E-state index is 12.5. The molecular formula is C18H22ClN5O3. The van der Waals surface area contributed by atoms with Crippen LogP contribution < -0.4 is 10.6 Å². The third kappa shape index (κ3) is 4.45. The molecule has 3 rings (SSSR count). The Balaban J connectivity index is 1.67. The zero-order chi connectivity index (χ0) is 19.6. The monoisotopic (exact) mass is 391 g/mol. The fraction of sp³-hybridized carbons (Fsp3) is 0.444. The highest BCUT2D eigenvalue weighted by Crippen LogP contribution is 2.23. The second-order valence-corrected chi connectivity index (χ2v) is 7.11. The number of amides is 2. The van der Waals surface area contributed by atoms with Crippen LogP contribution in [0.25, 0.3) is 0 Å². The molecule has 1 aliphatic rings. The molecule has 0 saturated carbocycles. The number of aromatic nitrogens is 3. The van der Waals surface area contributed by atoms with Crippen molar-refractivity contribution in [1.82, 2.24) is 25.4 Å². The maximum Gasteiger partial charge on any atom is 0.270 e. The molecule has 2 N–H and O–H groups in total. The van der Waals surface area contributed by atoms with Crippen molar-refractivity contribution in [3.63, 3.8) is 0 Å². The minimum atomic E-state index is -0.323. The van der Waals surface area contributed by atoms with Crippen molar-refractivity contribution in [2.75, 3.05) is 6.54 Å². The van der Waals surface area contributed by atoms with E-state index in [1.807, 2.05) is 13.8 Å². The third-order valence-electron chi connectivity index (χ3n) is 4.19. The van der Waals surface area contributed by atoms with Crippen LogP contribution in [0.4, 0.5) is 0 Å². The molecule has 0 saturated heterocycles. The van der Waals surface area contributed by atoms with Crippen LogP contribution in [-0.4, -0.2) is 45.3 Å². The number of rotatable bonds is 5. The lowest BCUT2D eigenvalue weighted by atomic mass is 10.0. The average Bonchev–Trinajstić information content (AvgIpc) is 2.94. The van der Waals surface area contributed by atoms with Gasteiger partial charge in [-0.1, -0.05) is 17.7 Å². The molecule has 0 aliphatic carbocycles. The lowest BCUT2D eigenvalue weighted by molar-refractivity contribution is 0.0265. The van der Waals surface area contributed by atoms with Gasteiger partial charge in [-0.05, 0) is 26.0 Å². The lowest BCUT2D eigenvalue weighted by Gasteiger charge is -2.23. The summed E-state index contributed by atoms with van der Waals surface area (Å²) in [6, 6.07) is 4.90. The van der Waals surface area contributed by atoms with E-state index in [4.69, 9.17) is 16.3 Å². The number of nitrogens with zero attached hydrogens (tertiary/aromatic N) is 3. The van der Waals surface area contributed by atoms with Crippen molar-refractivity contribution in [2.45, 2.75) is 39.0 Å². The quantitative estimate of drug-likeness (QED) is 0.752. The number of nitrogens with one attached hydrogen (secondary N) is 2. The van der Waals surface area contributed by atoms with Crippen molar-refractivity contribution in [1.29, 1.82) is 0 Å². The third-order valence-corrected chi connectivity index (χ3v) is 4.40. The number of carbonyl (C=O) groups excluding carboxylic acids is 2. The van der Waals surface area contributed by atoms with Gasteiger partial charge in [0.2, 0.25) is 0 Å². The van der Waals surface area contributed by atoms with Crippen molar-refractivity contribution in [3.8, 4) is 0 Å². The summed E-state index contributed by atoms with van der Waals surface area (Å²) in [5.74, 6) is -0.482. The fourth-order valence-electron chi connectivity index (χ4n) is 3.01. The molecular weight excluding hydrogens is 370 g/mol. The number of carbonyl (C=O) groups is 2. The van der Waals surface area contributed by atoms with Gasteiger partial charge in [-0.15, -0.1) is 0 Å². The van der Waals surface area contributed by atoms with Gasteiger partial charge in [0.05, 0.1) is 18.4 Å². The first-order valence-electron chi connectivity index (χ1n) is 8.73. The molecule has 2 aromatic rings. The van der Waals surface area contributed by atoms with Gasteiger partial charge in [-0.25, -0.2) is 4.98 Å². The van der Waals surface area contributed by atoms with E-state index >= 15 is 0 Å². The zero-order valence-corrected chi connectivity index (χ0v) is 16.2. The number of hydrogen-bond acceptors (Lipinski definition) is 5. The molecule has 9 heteroatoms. The molecule has 0 bridgehead atoms. The molecule has 2 aromatic heterocycles. The highest BCUT2D eigenvalue weighted by Gasteiger charge is 2.29. The molecule has 0 radical (unpaired) electrons. The van der Waals surface area contributed by atoms with E-state index in [9.17, 15) is 9.59 Å².